The quantitative estimate of drug-likeness (QED) is 0.202. The zero-order valence-corrected chi connectivity index (χ0v) is 9.99. The van der Waals surface area contributed by atoms with Gasteiger partial charge in [0, 0.05) is 18.0 Å². The Labute approximate surface area is 108 Å². The van der Waals surface area contributed by atoms with Gasteiger partial charge in [0.15, 0.2) is 6.61 Å². The Hall–Kier alpha value is -2.60. The fraction of sp³-hybridized carbons (Fsp3) is 0.273. The Morgan fingerprint density at radius 1 is 1.47 bits per heavy atom. The van der Waals surface area contributed by atoms with Crippen LogP contribution in [0.25, 0.3) is 10.4 Å². The van der Waals surface area contributed by atoms with E-state index in [0.717, 1.165) is 0 Å². The number of hydrogen-bond donors (Lipinski definition) is 1. The van der Waals surface area contributed by atoms with E-state index in [1.807, 2.05) is 0 Å². The first-order valence-electron chi connectivity index (χ1n) is 5.41. The Balaban J connectivity index is 2.20. The van der Waals surface area contributed by atoms with Crippen LogP contribution in [0.3, 0.4) is 0 Å². The van der Waals surface area contributed by atoms with Gasteiger partial charge in [-0.05, 0) is 23.2 Å². The highest BCUT2D eigenvalue weighted by Gasteiger charge is 1.99. The number of benzene rings is 1. The number of amides is 1. The molecule has 0 heterocycles. The van der Waals surface area contributed by atoms with E-state index in [2.05, 4.69) is 20.5 Å². The van der Waals surface area contributed by atoms with Gasteiger partial charge in [0.25, 0.3) is 5.91 Å². The van der Waals surface area contributed by atoms with Gasteiger partial charge in [-0.25, -0.2) is 4.39 Å². The van der Waals surface area contributed by atoms with Crippen LogP contribution in [0.15, 0.2) is 34.5 Å². The lowest BCUT2D eigenvalue weighted by molar-refractivity contribution is -0.125. The van der Waals surface area contributed by atoms with Crippen molar-refractivity contribution in [2.24, 2.45) is 10.3 Å². The molecular weight excluding hydrogens is 252 g/mol. The summed E-state index contributed by atoms with van der Waals surface area (Å²) in [6, 6.07) is 5.65. The number of rotatable bonds is 7. The molecular formula is C11H12FN5O2. The first kappa shape index (κ1) is 14.5. The van der Waals surface area contributed by atoms with Gasteiger partial charge in [-0.1, -0.05) is 22.4 Å². The van der Waals surface area contributed by atoms with E-state index in [9.17, 15) is 9.18 Å². The minimum absolute atomic E-state index is 0.182. The van der Waals surface area contributed by atoms with E-state index in [0.29, 0.717) is 5.56 Å². The van der Waals surface area contributed by atoms with Gasteiger partial charge in [0.05, 0.1) is 6.21 Å². The van der Waals surface area contributed by atoms with Gasteiger partial charge in [-0.15, -0.1) is 0 Å². The predicted molar refractivity (Wildman–Crippen MR) is 67.0 cm³/mol. The molecule has 1 aromatic carbocycles. The zero-order chi connectivity index (χ0) is 13.9. The lowest BCUT2D eigenvalue weighted by Gasteiger charge is -2.01. The summed E-state index contributed by atoms with van der Waals surface area (Å²) in [4.78, 5) is 18.5. The van der Waals surface area contributed by atoms with E-state index >= 15 is 0 Å². The van der Waals surface area contributed by atoms with Crippen LogP contribution in [0, 0.1) is 5.82 Å². The van der Waals surface area contributed by atoms with Gasteiger partial charge in [-0.2, -0.15) is 0 Å². The smallest absolute Gasteiger partial charge is 0.260 e. The fourth-order valence-electron chi connectivity index (χ4n) is 1.08. The first-order chi connectivity index (χ1) is 9.22. The average molecular weight is 264 g/mol. The second-order valence-corrected chi connectivity index (χ2v) is 3.36. The number of azide groups is 1. The molecule has 0 radical (unpaired) electrons. The van der Waals surface area contributed by atoms with Gasteiger partial charge in [-0.3, -0.25) is 4.79 Å². The van der Waals surface area contributed by atoms with Crippen LogP contribution in [0.4, 0.5) is 4.39 Å². The SMILES string of the molecule is [N-]=[N+]=NCCNC(=O)CO/N=C/c1ccc([18F])cc1. The second kappa shape index (κ2) is 8.48. The first-order valence-corrected chi connectivity index (χ1v) is 5.41. The molecule has 0 aliphatic heterocycles. The third-order valence-electron chi connectivity index (χ3n) is 1.94. The maximum atomic E-state index is 12.6. The van der Waals surface area contributed by atoms with Crippen molar-refractivity contribution < 1.29 is 14.0 Å². The maximum Gasteiger partial charge on any atom is 0.260 e. The van der Waals surface area contributed by atoms with E-state index in [-0.39, 0.29) is 31.4 Å². The molecule has 0 fully saturated rings. The molecule has 0 aliphatic rings. The fourth-order valence-corrected chi connectivity index (χ4v) is 1.08. The molecule has 0 atom stereocenters. The van der Waals surface area contributed by atoms with Gasteiger partial charge in [0.1, 0.15) is 5.82 Å². The minimum atomic E-state index is -0.371. The number of nitrogens with one attached hydrogen (secondary N) is 1. The molecule has 0 aromatic heterocycles. The lowest BCUT2D eigenvalue weighted by Crippen LogP contribution is -2.29. The summed E-state index contributed by atoms with van der Waals surface area (Å²) in [7, 11) is 0. The van der Waals surface area contributed by atoms with Crippen LogP contribution in [-0.4, -0.2) is 31.8 Å². The summed E-state index contributed by atoms with van der Waals surface area (Å²) in [6.07, 6.45) is 1.37. The normalized spacial score (nSPS) is 9.95. The number of hydrogen-bond acceptors (Lipinski definition) is 4. The number of nitrogens with zero attached hydrogens (tertiary/aromatic N) is 4. The maximum absolute atomic E-state index is 12.6. The van der Waals surface area contributed by atoms with Crippen molar-refractivity contribution in [3.05, 3.63) is 46.1 Å². The van der Waals surface area contributed by atoms with Crippen molar-refractivity contribution in [2.75, 3.05) is 19.7 Å². The molecule has 1 aromatic rings. The molecule has 1 rings (SSSR count). The molecule has 100 valence electrons. The number of carbonyl (C=O) groups excluding carboxylic acids is 1. The second-order valence-electron chi connectivity index (χ2n) is 3.36. The molecule has 8 heteroatoms. The summed E-state index contributed by atoms with van der Waals surface area (Å²) in [5, 5.41) is 9.29. The average Bonchev–Trinajstić information content (AvgIpc) is 2.42. The van der Waals surface area contributed by atoms with Crippen molar-refractivity contribution in [3.8, 4) is 0 Å². The van der Waals surface area contributed by atoms with Gasteiger partial charge < -0.3 is 10.2 Å². The van der Waals surface area contributed by atoms with Gasteiger partial charge in [0.2, 0.25) is 0 Å². The van der Waals surface area contributed by atoms with Crippen LogP contribution in [0.1, 0.15) is 5.56 Å². The van der Waals surface area contributed by atoms with Crippen molar-refractivity contribution in [2.45, 2.75) is 0 Å². The van der Waals surface area contributed by atoms with Crippen molar-refractivity contribution >= 4 is 12.1 Å². The summed E-state index contributed by atoms with van der Waals surface area (Å²) >= 11 is 0. The molecule has 0 spiro atoms. The number of oxime groups is 1. The van der Waals surface area contributed by atoms with Crippen molar-refractivity contribution in [1.29, 1.82) is 0 Å². The Kier molecular flexibility index (Phi) is 6.46. The Bertz CT molecular complexity index is 482. The highest BCUT2D eigenvalue weighted by Crippen LogP contribution is 1.99. The van der Waals surface area contributed by atoms with Crippen LogP contribution in [0.2, 0.25) is 0 Å². The third kappa shape index (κ3) is 6.64. The van der Waals surface area contributed by atoms with Crippen LogP contribution in [0.5, 0.6) is 0 Å². The molecule has 0 saturated carbocycles. The number of halogens is 1. The molecule has 0 aliphatic carbocycles. The highest BCUT2D eigenvalue weighted by molar-refractivity contribution is 5.79. The van der Waals surface area contributed by atoms with Gasteiger partial charge >= 0.3 is 0 Å². The largest absolute Gasteiger partial charge is 0.386 e. The minimum Gasteiger partial charge on any atom is -0.386 e. The van der Waals surface area contributed by atoms with E-state index in [4.69, 9.17) is 10.4 Å². The third-order valence-corrected chi connectivity index (χ3v) is 1.94. The van der Waals surface area contributed by atoms with E-state index < -0.39 is 0 Å². The standard InChI is InChI=1S/C11H12FN5O2/c12-10-3-1-9(2-4-10)7-16-19-8-11(18)14-5-6-15-17-13/h1-4,7H,5-6,8H2,(H,14,18)/b16-7+/i12-1. The number of carbonyl (C=O) groups is 1. The predicted octanol–water partition coefficient (Wildman–Crippen LogP) is 1.60. The molecule has 1 amide bonds. The van der Waals surface area contributed by atoms with Crippen LogP contribution in [-0.2, 0) is 9.63 Å². The lowest BCUT2D eigenvalue weighted by atomic mass is 10.2. The molecule has 0 saturated heterocycles. The molecule has 0 unspecified atom stereocenters. The molecule has 19 heavy (non-hydrogen) atoms. The summed E-state index contributed by atoms with van der Waals surface area (Å²) in [5.41, 5.74) is 8.67. The monoisotopic (exact) mass is 264 g/mol. The topological polar surface area (TPSA) is 99.5 Å². The van der Waals surface area contributed by atoms with E-state index in [1.54, 1.807) is 0 Å². The van der Waals surface area contributed by atoms with Crippen molar-refractivity contribution in [1.82, 2.24) is 5.32 Å². The van der Waals surface area contributed by atoms with Crippen molar-refractivity contribution in [3.63, 3.8) is 0 Å². The summed E-state index contributed by atoms with van der Waals surface area (Å²) < 4.78 is 12.6. The Morgan fingerprint density at radius 3 is 2.89 bits per heavy atom. The van der Waals surface area contributed by atoms with Crippen LogP contribution >= 0.6 is 0 Å². The summed E-state index contributed by atoms with van der Waals surface area (Å²) in [6.45, 7) is 0.184. The van der Waals surface area contributed by atoms with Crippen LogP contribution < -0.4 is 5.32 Å². The zero-order valence-electron chi connectivity index (χ0n) is 9.99. The van der Waals surface area contributed by atoms with E-state index in [1.165, 1.54) is 30.5 Å². The highest BCUT2D eigenvalue weighted by atomic mass is 18.2. The summed E-state index contributed by atoms with van der Waals surface area (Å²) in [5.74, 6) is -0.707. The Morgan fingerprint density at radius 2 is 2.21 bits per heavy atom. The molecule has 1 N–H and O–H groups in total. The molecule has 7 nitrogen and oxygen atoms in total. The molecule has 0 bridgehead atoms.